The molecule has 1 aliphatic heterocycles. The SMILES string of the molecule is CCC[C@H]1C(=O)Nc2ccccc2N1C(=O)c1cn[nH]c1. The monoisotopic (exact) mass is 284 g/mol. The third kappa shape index (κ3) is 2.29. The summed E-state index contributed by atoms with van der Waals surface area (Å²) in [5.41, 5.74) is 1.83. The second-order valence-corrected chi connectivity index (χ2v) is 4.97. The number of nitrogens with one attached hydrogen (secondary N) is 2. The van der Waals surface area contributed by atoms with Crippen LogP contribution in [0.2, 0.25) is 0 Å². The first kappa shape index (κ1) is 13.4. The lowest BCUT2D eigenvalue weighted by atomic mass is 10.0. The first-order valence-corrected chi connectivity index (χ1v) is 6.94. The fourth-order valence-corrected chi connectivity index (χ4v) is 2.58. The number of amides is 2. The maximum Gasteiger partial charge on any atom is 0.262 e. The van der Waals surface area contributed by atoms with Gasteiger partial charge in [-0.15, -0.1) is 0 Å². The van der Waals surface area contributed by atoms with Crippen LogP contribution in [0.3, 0.4) is 0 Å². The Hall–Kier alpha value is -2.63. The third-order valence-electron chi connectivity index (χ3n) is 3.56. The minimum absolute atomic E-state index is 0.146. The molecular weight excluding hydrogens is 268 g/mol. The van der Waals surface area contributed by atoms with E-state index in [1.807, 2.05) is 25.1 Å². The van der Waals surface area contributed by atoms with Crippen molar-refractivity contribution in [2.45, 2.75) is 25.8 Å². The van der Waals surface area contributed by atoms with E-state index in [-0.39, 0.29) is 11.8 Å². The van der Waals surface area contributed by atoms with E-state index < -0.39 is 6.04 Å². The highest BCUT2D eigenvalue weighted by atomic mass is 16.2. The number of nitrogens with zero attached hydrogens (tertiary/aromatic N) is 2. The molecule has 0 fully saturated rings. The molecular formula is C15H16N4O2. The number of rotatable bonds is 3. The highest BCUT2D eigenvalue weighted by Gasteiger charge is 2.36. The van der Waals surface area contributed by atoms with Gasteiger partial charge in [0.2, 0.25) is 5.91 Å². The Balaban J connectivity index is 2.07. The number of benzene rings is 1. The van der Waals surface area contributed by atoms with Gasteiger partial charge in [-0.05, 0) is 18.6 Å². The highest BCUT2D eigenvalue weighted by Crippen LogP contribution is 2.34. The van der Waals surface area contributed by atoms with Crippen LogP contribution in [0.4, 0.5) is 11.4 Å². The largest absolute Gasteiger partial charge is 0.322 e. The number of aromatic amines is 1. The van der Waals surface area contributed by atoms with E-state index in [9.17, 15) is 9.59 Å². The topological polar surface area (TPSA) is 78.1 Å². The molecule has 1 aliphatic rings. The Bertz CT molecular complexity index is 666. The average molecular weight is 284 g/mol. The highest BCUT2D eigenvalue weighted by molar-refractivity contribution is 6.16. The summed E-state index contributed by atoms with van der Waals surface area (Å²) in [6, 6.07) is 6.84. The molecule has 0 aliphatic carbocycles. The number of para-hydroxylation sites is 2. The fourth-order valence-electron chi connectivity index (χ4n) is 2.58. The number of anilines is 2. The van der Waals surface area contributed by atoms with Crippen LogP contribution in [0.1, 0.15) is 30.1 Å². The molecule has 2 aromatic rings. The molecule has 2 heterocycles. The Labute approximate surface area is 122 Å². The van der Waals surface area contributed by atoms with Crippen LogP contribution >= 0.6 is 0 Å². The average Bonchev–Trinajstić information content (AvgIpc) is 3.02. The van der Waals surface area contributed by atoms with Gasteiger partial charge >= 0.3 is 0 Å². The van der Waals surface area contributed by atoms with Crippen molar-refractivity contribution in [3.8, 4) is 0 Å². The first-order valence-electron chi connectivity index (χ1n) is 6.94. The summed E-state index contributed by atoms with van der Waals surface area (Å²) in [6.45, 7) is 1.99. The van der Waals surface area contributed by atoms with Crippen molar-refractivity contribution in [3.63, 3.8) is 0 Å². The van der Waals surface area contributed by atoms with Gasteiger partial charge in [0, 0.05) is 6.20 Å². The zero-order valence-corrected chi connectivity index (χ0v) is 11.7. The molecule has 0 bridgehead atoms. The van der Waals surface area contributed by atoms with Crippen LogP contribution in [0, 0.1) is 0 Å². The maximum absolute atomic E-state index is 12.7. The van der Waals surface area contributed by atoms with Gasteiger partial charge in [-0.3, -0.25) is 19.6 Å². The number of fused-ring (bicyclic) bond motifs is 1. The van der Waals surface area contributed by atoms with Crippen molar-refractivity contribution in [2.24, 2.45) is 0 Å². The minimum Gasteiger partial charge on any atom is -0.322 e. The first-order chi connectivity index (χ1) is 10.2. The quantitative estimate of drug-likeness (QED) is 0.906. The number of aromatic nitrogens is 2. The summed E-state index contributed by atoms with van der Waals surface area (Å²) in [5.74, 6) is -0.364. The van der Waals surface area contributed by atoms with Gasteiger partial charge in [-0.25, -0.2) is 0 Å². The van der Waals surface area contributed by atoms with Crippen LogP contribution < -0.4 is 10.2 Å². The molecule has 0 unspecified atom stereocenters. The molecule has 21 heavy (non-hydrogen) atoms. The van der Waals surface area contributed by atoms with Crippen LogP contribution in [-0.4, -0.2) is 28.1 Å². The lowest BCUT2D eigenvalue weighted by Gasteiger charge is -2.36. The van der Waals surface area contributed by atoms with Gasteiger partial charge < -0.3 is 5.32 Å². The summed E-state index contributed by atoms with van der Waals surface area (Å²) in [5, 5.41) is 9.31. The Morgan fingerprint density at radius 3 is 2.90 bits per heavy atom. The van der Waals surface area contributed by atoms with Gasteiger partial charge in [-0.2, -0.15) is 5.10 Å². The molecule has 3 rings (SSSR count). The van der Waals surface area contributed by atoms with Crippen molar-refractivity contribution in [3.05, 3.63) is 42.2 Å². The number of H-pyrrole nitrogens is 1. The minimum atomic E-state index is -0.493. The van der Waals surface area contributed by atoms with Crippen molar-refractivity contribution in [1.82, 2.24) is 10.2 Å². The summed E-state index contributed by atoms with van der Waals surface area (Å²) >= 11 is 0. The second kappa shape index (κ2) is 5.40. The third-order valence-corrected chi connectivity index (χ3v) is 3.56. The molecule has 6 heteroatoms. The van der Waals surface area contributed by atoms with Crippen molar-refractivity contribution < 1.29 is 9.59 Å². The van der Waals surface area contributed by atoms with Crippen molar-refractivity contribution in [2.75, 3.05) is 10.2 Å². The van der Waals surface area contributed by atoms with Crippen LogP contribution in [0.15, 0.2) is 36.7 Å². The number of hydrogen-bond acceptors (Lipinski definition) is 3. The van der Waals surface area contributed by atoms with E-state index in [0.717, 1.165) is 12.1 Å². The van der Waals surface area contributed by atoms with Crippen LogP contribution in [-0.2, 0) is 4.79 Å². The van der Waals surface area contributed by atoms with Gasteiger partial charge in [0.15, 0.2) is 0 Å². The molecule has 1 aromatic heterocycles. The number of hydrogen-bond donors (Lipinski definition) is 2. The number of carbonyl (C=O) groups excluding carboxylic acids is 2. The Morgan fingerprint density at radius 2 is 2.19 bits per heavy atom. The molecule has 0 saturated heterocycles. The predicted molar refractivity (Wildman–Crippen MR) is 79.2 cm³/mol. The predicted octanol–water partition coefficient (Wildman–Crippen LogP) is 2.18. The molecule has 1 aromatic carbocycles. The summed E-state index contributed by atoms with van der Waals surface area (Å²) in [7, 11) is 0. The molecule has 0 saturated carbocycles. The smallest absolute Gasteiger partial charge is 0.262 e. The Kier molecular flexibility index (Phi) is 3.43. The molecule has 0 spiro atoms. The van der Waals surface area contributed by atoms with E-state index >= 15 is 0 Å². The molecule has 1 atom stereocenters. The molecule has 0 radical (unpaired) electrons. The summed E-state index contributed by atoms with van der Waals surface area (Å²) < 4.78 is 0. The number of carbonyl (C=O) groups is 2. The summed E-state index contributed by atoms with van der Waals surface area (Å²) in [6.07, 6.45) is 4.44. The van der Waals surface area contributed by atoms with Gasteiger partial charge in [0.05, 0.1) is 23.1 Å². The van der Waals surface area contributed by atoms with Crippen LogP contribution in [0.5, 0.6) is 0 Å². The van der Waals surface area contributed by atoms with Gasteiger partial charge in [-0.1, -0.05) is 25.5 Å². The van der Waals surface area contributed by atoms with E-state index in [0.29, 0.717) is 17.7 Å². The molecule has 2 amide bonds. The van der Waals surface area contributed by atoms with Gasteiger partial charge in [0.25, 0.3) is 5.91 Å². The molecule has 6 nitrogen and oxygen atoms in total. The molecule has 108 valence electrons. The summed E-state index contributed by atoms with van der Waals surface area (Å²) in [4.78, 5) is 26.6. The zero-order valence-electron chi connectivity index (χ0n) is 11.7. The second-order valence-electron chi connectivity index (χ2n) is 4.97. The van der Waals surface area contributed by atoms with E-state index in [4.69, 9.17) is 0 Å². The maximum atomic E-state index is 12.7. The van der Waals surface area contributed by atoms with E-state index in [2.05, 4.69) is 15.5 Å². The van der Waals surface area contributed by atoms with Crippen LogP contribution in [0.25, 0.3) is 0 Å². The zero-order chi connectivity index (χ0) is 14.8. The van der Waals surface area contributed by atoms with E-state index in [1.165, 1.54) is 6.20 Å². The van der Waals surface area contributed by atoms with E-state index in [1.54, 1.807) is 17.2 Å². The standard InChI is InChI=1S/C15H16N4O2/c1-2-5-13-14(20)18-11-6-3-4-7-12(11)19(13)15(21)10-8-16-17-9-10/h3-4,6-9,13H,2,5H2,1H3,(H,16,17)(H,18,20)/t13-/m0/s1. The normalized spacial score (nSPS) is 17.3. The van der Waals surface area contributed by atoms with Crippen molar-refractivity contribution in [1.29, 1.82) is 0 Å². The fraction of sp³-hybridized carbons (Fsp3) is 0.267. The van der Waals surface area contributed by atoms with Gasteiger partial charge in [0.1, 0.15) is 6.04 Å². The van der Waals surface area contributed by atoms with Crippen molar-refractivity contribution >= 4 is 23.2 Å². The lowest BCUT2D eigenvalue weighted by Crippen LogP contribution is -2.51. The lowest BCUT2D eigenvalue weighted by molar-refractivity contribution is -0.117. The molecule has 2 N–H and O–H groups in total. The Morgan fingerprint density at radius 1 is 1.38 bits per heavy atom.